The van der Waals surface area contributed by atoms with Gasteiger partial charge in [-0.1, -0.05) is 0 Å². The van der Waals surface area contributed by atoms with Crippen LogP contribution in [0.25, 0.3) is 0 Å². The van der Waals surface area contributed by atoms with Crippen molar-refractivity contribution in [3.63, 3.8) is 0 Å². The third kappa shape index (κ3) is 3.11. The zero-order valence-electron chi connectivity index (χ0n) is 12.0. The zero-order valence-corrected chi connectivity index (χ0v) is 12.8. The van der Waals surface area contributed by atoms with Crippen molar-refractivity contribution in [3.05, 3.63) is 0 Å². The summed E-state index contributed by atoms with van der Waals surface area (Å²) in [5.41, 5.74) is 0. The van der Waals surface area contributed by atoms with Crippen LogP contribution in [0.2, 0.25) is 0 Å². The molecule has 2 rings (SSSR count). The van der Waals surface area contributed by atoms with Gasteiger partial charge in [-0.25, -0.2) is 8.42 Å². The molecule has 1 saturated heterocycles. The molecular formula is C13H24N2O3S. The number of nitrogens with one attached hydrogen (secondary N) is 1. The van der Waals surface area contributed by atoms with Crippen molar-refractivity contribution in [2.75, 3.05) is 19.3 Å². The highest BCUT2D eigenvalue weighted by atomic mass is 32.2. The summed E-state index contributed by atoms with van der Waals surface area (Å²) in [5, 5.41) is 3.37. The van der Waals surface area contributed by atoms with Crippen molar-refractivity contribution in [1.82, 2.24) is 10.2 Å². The maximum absolute atomic E-state index is 12.6. The molecule has 1 atom stereocenters. The third-order valence-corrected chi connectivity index (χ3v) is 6.30. The lowest BCUT2D eigenvalue weighted by atomic mass is 10.1. The van der Waals surface area contributed by atoms with Crippen molar-refractivity contribution in [3.8, 4) is 0 Å². The molecule has 1 unspecified atom stereocenters. The predicted molar refractivity (Wildman–Crippen MR) is 74.7 cm³/mol. The number of rotatable bonds is 5. The zero-order chi connectivity index (χ0) is 14.3. The van der Waals surface area contributed by atoms with Crippen LogP contribution < -0.4 is 5.32 Å². The van der Waals surface area contributed by atoms with Crippen molar-refractivity contribution < 1.29 is 13.2 Å². The van der Waals surface area contributed by atoms with Crippen LogP contribution in [0.5, 0.6) is 0 Å². The smallest absolute Gasteiger partial charge is 0.243 e. The second-order valence-electron chi connectivity index (χ2n) is 6.26. The van der Waals surface area contributed by atoms with E-state index in [4.69, 9.17) is 0 Å². The third-order valence-electron chi connectivity index (χ3n) is 4.27. The number of nitrogens with zero attached hydrogens (tertiary/aromatic N) is 1. The van der Waals surface area contributed by atoms with E-state index in [-0.39, 0.29) is 11.9 Å². The van der Waals surface area contributed by atoms with Crippen LogP contribution in [0.15, 0.2) is 0 Å². The van der Waals surface area contributed by atoms with Gasteiger partial charge in [0.1, 0.15) is 4.75 Å². The Morgan fingerprint density at radius 2 is 1.95 bits per heavy atom. The molecule has 1 aliphatic heterocycles. The molecule has 2 aliphatic rings. The highest BCUT2D eigenvalue weighted by Gasteiger charge is 2.45. The molecule has 110 valence electrons. The Morgan fingerprint density at radius 1 is 1.32 bits per heavy atom. The minimum Gasteiger partial charge on any atom is -0.337 e. The van der Waals surface area contributed by atoms with Gasteiger partial charge >= 0.3 is 0 Å². The molecular weight excluding hydrogens is 264 g/mol. The van der Waals surface area contributed by atoms with Crippen molar-refractivity contribution in [1.29, 1.82) is 0 Å². The fourth-order valence-electron chi connectivity index (χ4n) is 2.44. The molecule has 19 heavy (non-hydrogen) atoms. The van der Waals surface area contributed by atoms with Crippen LogP contribution in [-0.4, -0.2) is 55.4 Å². The van der Waals surface area contributed by atoms with Crippen LogP contribution in [0.4, 0.5) is 0 Å². The summed E-state index contributed by atoms with van der Waals surface area (Å²) in [5.74, 6) is -0.244. The van der Waals surface area contributed by atoms with Gasteiger partial charge in [0.15, 0.2) is 9.84 Å². The van der Waals surface area contributed by atoms with Gasteiger partial charge in [-0.3, -0.25) is 4.79 Å². The quantitative estimate of drug-likeness (QED) is 0.802. The molecule has 1 saturated carbocycles. The first-order valence-electron chi connectivity index (χ1n) is 6.97. The highest BCUT2D eigenvalue weighted by Crippen LogP contribution is 2.31. The molecule has 1 amide bonds. The number of carbonyl (C=O) groups excluding carboxylic acids is 1. The first-order valence-corrected chi connectivity index (χ1v) is 8.86. The minimum atomic E-state index is -3.40. The largest absolute Gasteiger partial charge is 0.337 e. The van der Waals surface area contributed by atoms with Gasteiger partial charge in [0.25, 0.3) is 0 Å². The number of carbonyl (C=O) groups is 1. The second kappa shape index (κ2) is 5.05. The number of hydrogen-bond acceptors (Lipinski definition) is 4. The highest BCUT2D eigenvalue weighted by molar-refractivity contribution is 7.92. The van der Waals surface area contributed by atoms with E-state index in [0.717, 1.165) is 38.5 Å². The number of hydrogen-bond donors (Lipinski definition) is 1. The average Bonchev–Trinajstić information content (AvgIpc) is 3.01. The fourth-order valence-corrected chi connectivity index (χ4v) is 2.87. The van der Waals surface area contributed by atoms with E-state index >= 15 is 0 Å². The van der Waals surface area contributed by atoms with E-state index in [9.17, 15) is 13.2 Å². The Kier molecular flexibility index (Phi) is 3.93. The topological polar surface area (TPSA) is 66.5 Å². The van der Waals surface area contributed by atoms with Gasteiger partial charge in [-0.05, 0) is 46.1 Å². The predicted octanol–water partition coefficient (Wildman–Crippen LogP) is 0.553. The maximum atomic E-state index is 12.6. The Labute approximate surface area is 115 Å². The Bertz CT molecular complexity index is 449. The standard InChI is InChI=1S/C13H24N2O3S/c1-13(2,19(3,17)18)12(16)15(11-6-7-11)9-10-5-4-8-14-10/h10-11,14H,4-9H2,1-3H3. The summed E-state index contributed by atoms with van der Waals surface area (Å²) in [6.07, 6.45) is 5.34. The SMILES string of the molecule is CC(C)(C(=O)N(CC1CCCN1)C1CC1)S(C)(=O)=O. The first-order chi connectivity index (χ1) is 8.73. The van der Waals surface area contributed by atoms with E-state index in [0.29, 0.717) is 12.6 Å². The average molecular weight is 288 g/mol. The number of sulfone groups is 1. The molecule has 0 radical (unpaired) electrons. The minimum absolute atomic E-state index is 0.244. The van der Waals surface area contributed by atoms with E-state index in [1.807, 2.05) is 0 Å². The maximum Gasteiger partial charge on any atom is 0.243 e. The van der Waals surface area contributed by atoms with Gasteiger partial charge in [0.2, 0.25) is 5.91 Å². The Morgan fingerprint density at radius 3 is 2.37 bits per heavy atom. The summed E-state index contributed by atoms with van der Waals surface area (Å²) in [4.78, 5) is 14.4. The normalized spacial score (nSPS) is 24.5. The molecule has 0 spiro atoms. The summed E-state index contributed by atoms with van der Waals surface area (Å²) in [6, 6.07) is 0.566. The number of amides is 1. The molecule has 5 nitrogen and oxygen atoms in total. The van der Waals surface area contributed by atoms with Crippen molar-refractivity contribution in [2.24, 2.45) is 0 Å². The summed E-state index contributed by atoms with van der Waals surface area (Å²) < 4.78 is 22.3. The van der Waals surface area contributed by atoms with E-state index in [1.165, 1.54) is 13.8 Å². The van der Waals surface area contributed by atoms with Gasteiger partial charge in [0, 0.05) is 24.9 Å². The molecule has 0 aromatic carbocycles. The molecule has 0 bridgehead atoms. The molecule has 0 aromatic heterocycles. The van der Waals surface area contributed by atoms with Crippen LogP contribution in [0.3, 0.4) is 0 Å². The molecule has 2 fully saturated rings. The Balaban J connectivity index is 2.12. The van der Waals surface area contributed by atoms with E-state index in [2.05, 4.69) is 5.32 Å². The molecule has 1 heterocycles. The van der Waals surface area contributed by atoms with Crippen LogP contribution in [0.1, 0.15) is 39.5 Å². The lowest BCUT2D eigenvalue weighted by molar-refractivity contribution is -0.134. The second-order valence-corrected chi connectivity index (χ2v) is 8.83. The van der Waals surface area contributed by atoms with Crippen LogP contribution in [0, 0.1) is 0 Å². The van der Waals surface area contributed by atoms with Gasteiger partial charge in [-0.2, -0.15) is 0 Å². The molecule has 1 N–H and O–H groups in total. The van der Waals surface area contributed by atoms with Crippen molar-refractivity contribution in [2.45, 2.75) is 56.4 Å². The van der Waals surface area contributed by atoms with Crippen molar-refractivity contribution >= 4 is 15.7 Å². The summed E-state index contributed by atoms with van der Waals surface area (Å²) in [7, 11) is -3.40. The first kappa shape index (κ1) is 14.8. The van der Waals surface area contributed by atoms with Crippen LogP contribution in [-0.2, 0) is 14.6 Å². The van der Waals surface area contributed by atoms with Crippen LogP contribution >= 0.6 is 0 Å². The van der Waals surface area contributed by atoms with Gasteiger partial charge in [-0.15, -0.1) is 0 Å². The lowest BCUT2D eigenvalue weighted by Crippen LogP contribution is -2.53. The summed E-state index contributed by atoms with van der Waals surface area (Å²) in [6.45, 7) is 4.67. The monoisotopic (exact) mass is 288 g/mol. The van der Waals surface area contributed by atoms with Gasteiger partial charge < -0.3 is 10.2 Å². The van der Waals surface area contributed by atoms with Gasteiger partial charge in [0.05, 0.1) is 0 Å². The molecule has 6 heteroatoms. The van der Waals surface area contributed by atoms with E-state index < -0.39 is 14.6 Å². The fraction of sp³-hybridized carbons (Fsp3) is 0.923. The summed E-state index contributed by atoms with van der Waals surface area (Å²) >= 11 is 0. The molecule has 1 aliphatic carbocycles. The van der Waals surface area contributed by atoms with E-state index in [1.54, 1.807) is 4.90 Å². The Hall–Kier alpha value is -0.620. The lowest BCUT2D eigenvalue weighted by Gasteiger charge is -2.32. The molecule has 0 aromatic rings.